The number of methoxy groups -OCH3 is 3. The Balaban J connectivity index is 1.67. The second-order valence-corrected chi connectivity index (χ2v) is 9.47. The Hall–Kier alpha value is -2.65. The van der Waals surface area contributed by atoms with Crippen LogP contribution in [-0.2, 0) is 0 Å². The maximum Gasteiger partial charge on any atom is 0.415 e. The maximum atomic E-state index is 13.3. The van der Waals surface area contributed by atoms with Crippen LogP contribution in [0.25, 0.3) is 6.08 Å². The predicted octanol–water partition coefficient (Wildman–Crippen LogP) is 5.79. The first kappa shape index (κ1) is 23.5. The Bertz CT molecular complexity index is 1130. The monoisotopic (exact) mass is 533 g/mol. The Morgan fingerprint density at radius 3 is 2.36 bits per heavy atom. The number of ketones is 1. The third kappa shape index (κ3) is 4.70. The van der Waals surface area contributed by atoms with Gasteiger partial charge < -0.3 is 23.8 Å². The number of allylic oxidation sites excluding steroid dienone is 1. The lowest BCUT2D eigenvalue weighted by Crippen LogP contribution is -2.37. The fraction of sp³-hybridized carbons (Fsp3) is 0.333. The van der Waals surface area contributed by atoms with Gasteiger partial charge in [-0.2, -0.15) is 0 Å². The summed E-state index contributed by atoms with van der Waals surface area (Å²) >= 11 is 4.74. The van der Waals surface area contributed by atoms with Crippen molar-refractivity contribution in [3.63, 3.8) is 0 Å². The molecule has 0 unspecified atom stereocenters. The maximum absolute atomic E-state index is 13.3. The van der Waals surface area contributed by atoms with Gasteiger partial charge in [-0.25, -0.2) is 4.79 Å². The molecule has 0 radical (unpaired) electrons. The lowest BCUT2D eigenvalue weighted by Gasteiger charge is -2.26. The van der Waals surface area contributed by atoms with Crippen molar-refractivity contribution in [1.82, 2.24) is 4.90 Å². The molecule has 7 nitrogen and oxygen atoms in total. The number of fused-ring (bicyclic) bond motifs is 1. The van der Waals surface area contributed by atoms with Gasteiger partial charge in [0.05, 0.1) is 41.2 Å². The van der Waals surface area contributed by atoms with Crippen LogP contribution in [0.15, 0.2) is 38.5 Å². The zero-order chi connectivity index (χ0) is 23.5. The van der Waals surface area contributed by atoms with Gasteiger partial charge in [0.25, 0.3) is 0 Å². The van der Waals surface area contributed by atoms with Crippen molar-refractivity contribution in [2.45, 2.75) is 24.2 Å². The number of benzene rings is 2. The van der Waals surface area contributed by atoms with Crippen molar-refractivity contribution < 1.29 is 28.5 Å². The van der Waals surface area contributed by atoms with E-state index in [0.29, 0.717) is 55.9 Å². The van der Waals surface area contributed by atoms with E-state index in [0.717, 1.165) is 24.8 Å². The van der Waals surface area contributed by atoms with E-state index in [2.05, 4.69) is 15.9 Å². The SMILES string of the molecule is COc1cc(/C=C2\Sc3c(OC(=O)N4CCCCC4)ccc(OC)c3C2=O)cc(Br)c1OC. The number of likely N-dealkylation sites (tertiary alicyclic amines) is 1. The minimum atomic E-state index is -0.392. The van der Waals surface area contributed by atoms with Gasteiger partial charge in [0.15, 0.2) is 11.5 Å². The summed E-state index contributed by atoms with van der Waals surface area (Å²) in [7, 11) is 4.63. The van der Waals surface area contributed by atoms with Gasteiger partial charge in [-0.1, -0.05) is 11.8 Å². The molecule has 0 atom stereocenters. The molecule has 2 aromatic carbocycles. The van der Waals surface area contributed by atoms with Crippen molar-refractivity contribution in [3.8, 4) is 23.0 Å². The largest absolute Gasteiger partial charge is 0.496 e. The minimum absolute atomic E-state index is 0.186. The minimum Gasteiger partial charge on any atom is -0.496 e. The Morgan fingerprint density at radius 1 is 1.00 bits per heavy atom. The summed E-state index contributed by atoms with van der Waals surface area (Å²) in [6, 6.07) is 6.98. The van der Waals surface area contributed by atoms with Gasteiger partial charge in [0.1, 0.15) is 11.5 Å². The topological polar surface area (TPSA) is 74.3 Å². The number of hydrogen-bond acceptors (Lipinski definition) is 7. The zero-order valence-corrected chi connectivity index (χ0v) is 21.0. The fourth-order valence-electron chi connectivity index (χ4n) is 3.89. The standard InChI is InChI=1S/C24H24BrNO6S/c1-29-16-7-8-17(32-24(28)26-9-5-4-6-10-26)23-20(16)21(27)19(33-23)13-14-11-15(25)22(31-3)18(12-14)30-2/h7-8,11-13H,4-6,9-10H2,1-3H3/b19-13-. The van der Waals surface area contributed by atoms with Crippen molar-refractivity contribution in [1.29, 1.82) is 0 Å². The van der Waals surface area contributed by atoms with E-state index in [9.17, 15) is 9.59 Å². The lowest BCUT2D eigenvalue weighted by molar-refractivity contribution is 0.103. The molecule has 4 rings (SSSR count). The van der Waals surface area contributed by atoms with Gasteiger partial charge in [0.2, 0.25) is 5.78 Å². The molecule has 0 spiro atoms. The average Bonchev–Trinajstić information content (AvgIpc) is 3.16. The molecule has 1 saturated heterocycles. The smallest absolute Gasteiger partial charge is 0.415 e. The summed E-state index contributed by atoms with van der Waals surface area (Å²) in [4.78, 5) is 28.7. The number of carbonyl (C=O) groups excluding carboxylic acids is 2. The van der Waals surface area contributed by atoms with Crippen LogP contribution < -0.4 is 18.9 Å². The predicted molar refractivity (Wildman–Crippen MR) is 130 cm³/mol. The first-order chi connectivity index (χ1) is 16.0. The summed E-state index contributed by atoms with van der Waals surface area (Å²) in [5, 5.41) is 0. The molecule has 2 aliphatic rings. The molecule has 174 valence electrons. The molecule has 0 N–H and O–H groups in total. The van der Waals surface area contributed by atoms with Crippen LogP contribution in [0.3, 0.4) is 0 Å². The van der Waals surface area contributed by atoms with E-state index >= 15 is 0 Å². The van der Waals surface area contributed by atoms with Gasteiger partial charge in [-0.15, -0.1) is 0 Å². The first-order valence-corrected chi connectivity index (χ1v) is 12.1. The van der Waals surface area contributed by atoms with Crippen LogP contribution in [0.5, 0.6) is 23.0 Å². The van der Waals surface area contributed by atoms with E-state index in [1.165, 1.54) is 18.9 Å². The van der Waals surface area contributed by atoms with Crippen LogP contribution in [-0.4, -0.2) is 51.2 Å². The first-order valence-electron chi connectivity index (χ1n) is 10.5. The number of halogens is 1. The second kappa shape index (κ2) is 10.1. The number of carbonyl (C=O) groups is 2. The summed E-state index contributed by atoms with van der Waals surface area (Å²) in [5.74, 6) is 1.73. The van der Waals surface area contributed by atoms with Crippen molar-refractivity contribution in [2.75, 3.05) is 34.4 Å². The molecule has 0 aromatic heterocycles. The van der Waals surface area contributed by atoms with E-state index < -0.39 is 6.09 Å². The lowest BCUT2D eigenvalue weighted by atomic mass is 10.1. The van der Waals surface area contributed by atoms with E-state index in [4.69, 9.17) is 18.9 Å². The highest BCUT2D eigenvalue weighted by atomic mass is 79.9. The zero-order valence-electron chi connectivity index (χ0n) is 18.6. The summed E-state index contributed by atoms with van der Waals surface area (Å²) in [6.07, 6.45) is 4.44. The van der Waals surface area contributed by atoms with Crippen molar-refractivity contribution >= 4 is 45.6 Å². The highest BCUT2D eigenvalue weighted by Gasteiger charge is 2.34. The molecule has 33 heavy (non-hydrogen) atoms. The van der Waals surface area contributed by atoms with Gasteiger partial charge in [-0.05, 0) is 71.1 Å². The molecule has 0 aliphatic carbocycles. The molecule has 0 bridgehead atoms. The number of nitrogens with zero attached hydrogens (tertiary/aromatic N) is 1. The third-order valence-electron chi connectivity index (χ3n) is 5.53. The molecule has 1 fully saturated rings. The second-order valence-electron chi connectivity index (χ2n) is 7.56. The fourth-order valence-corrected chi connectivity index (χ4v) is 5.63. The Labute approximate surface area is 205 Å². The van der Waals surface area contributed by atoms with Crippen molar-refractivity contribution in [2.24, 2.45) is 0 Å². The molecule has 2 aromatic rings. The number of thioether (sulfide) groups is 1. The highest BCUT2D eigenvalue weighted by molar-refractivity contribution is 9.10. The van der Waals surface area contributed by atoms with Crippen LogP contribution >= 0.6 is 27.7 Å². The number of amides is 1. The normalized spacial score (nSPS) is 16.5. The highest BCUT2D eigenvalue weighted by Crippen LogP contribution is 2.50. The average molecular weight is 534 g/mol. The summed E-state index contributed by atoms with van der Waals surface area (Å²) in [5.41, 5.74) is 1.16. The van der Waals surface area contributed by atoms with E-state index in [1.807, 2.05) is 6.07 Å². The quantitative estimate of drug-likeness (QED) is 0.450. The number of rotatable bonds is 5. The summed E-state index contributed by atoms with van der Waals surface area (Å²) in [6.45, 7) is 1.37. The van der Waals surface area contributed by atoms with Gasteiger partial charge in [-0.3, -0.25) is 4.79 Å². The van der Waals surface area contributed by atoms with Gasteiger partial charge >= 0.3 is 6.09 Å². The Morgan fingerprint density at radius 2 is 1.70 bits per heavy atom. The summed E-state index contributed by atoms with van der Waals surface area (Å²) < 4.78 is 22.6. The van der Waals surface area contributed by atoms with Crippen molar-refractivity contribution in [3.05, 3.63) is 44.8 Å². The number of hydrogen-bond donors (Lipinski definition) is 0. The van der Waals surface area contributed by atoms with Crippen LogP contribution in [0.1, 0.15) is 35.2 Å². The van der Waals surface area contributed by atoms with E-state index in [-0.39, 0.29) is 5.78 Å². The van der Waals surface area contributed by atoms with E-state index in [1.54, 1.807) is 43.4 Å². The molecule has 2 aliphatic heterocycles. The van der Waals surface area contributed by atoms with Crippen LogP contribution in [0, 0.1) is 0 Å². The molecule has 1 amide bonds. The molecule has 9 heteroatoms. The molecular formula is C24H24BrNO6S. The van der Waals surface area contributed by atoms with Crippen LogP contribution in [0.4, 0.5) is 4.79 Å². The number of piperidine rings is 1. The van der Waals surface area contributed by atoms with Crippen LogP contribution in [0.2, 0.25) is 0 Å². The third-order valence-corrected chi connectivity index (χ3v) is 7.25. The Kier molecular flexibility index (Phi) is 7.19. The molecule has 0 saturated carbocycles. The molecule has 2 heterocycles. The number of Topliss-reactive ketones (excluding diaryl/α,β-unsaturated/α-hetero) is 1. The number of ether oxygens (including phenoxy) is 4. The van der Waals surface area contributed by atoms with Gasteiger partial charge in [0, 0.05) is 13.1 Å². The molecular weight excluding hydrogens is 510 g/mol.